The summed E-state index contributed by atoms with van der Waals surface area (Å²) in [6.45, 7) is 1.08. The van der Waals surface area contributed by atoms with Gasteiger partial charge in [0.05, 0.1) is 12.0 Å². The van der Waals surface area contributed by atoms with Gasteiger partial charge in [-0.1, -0.05) is 0 Å². The molecule has 0 saturated heterocycles. The van der Waals surface area contributed by atoms with Crippen molar-refractivity contribution >= 4 is 13.6 Å². The molecule has 2 atom stereocenters. The van der Waals surface area contributed by atoms with E-state index >= 15 is 0 Å². The highest BCUT2D eigenvalue weighted by atomic mass is 31.2. The molecule has 0 rings (SSSR count). The van der Waals surface area contributed by atoms with Gasteiger partial charge in [0, 0.05) is 6.42 Å². The first-order valence-corrected chi connectivity index (χ1v) is 5.40. The second-order valence-corrected chi connectivity index (χ2v) is 5.12. The van der Waals surface area contributed by atoms with Gasteiger partial charge in [0.15, 0.2) is 5.85 Å². The molecule has 0 heterocycles. The van der Waals surface area contributed by atoms with Gasteiger partial charge in [0.25, 0.3) is 0 Å². The lowest BCUT2D eigenvalue weighted by Crippen LogP contribution is -2.32. The third-order valence-electron chi connectivity index (χ3n) is 1.54. The lowest BCUT2D eigenvalue weighted by molar-refractivity contribution is -0.142. The Balaban J connectivity index is 4.36. The first kappa shape index (κ1) is 13.5. The van der Waals surface area contributed by atoms with Crippen molar-refractivity contribution in [1.82, 2.24) is 0 Å². The zero-order chi connectivity index (χ0) is 11.6. The predicted octanol–water partition coefficient (Wildman–Crippen LogP) is -0.902. The van der Waals surface area contributed by atoms with E-state index in [1.54, 1.807) is 0 Å². The molecule has 7 nitrogen and oxygen atoms in total. The molecule has 0 fully saturated rings. The predicted molar refractivity (Wildman–Crippen MR) is 45.5 cm³/mol. The molecule has 0 aromatic rings. The molecule has 0 radical (unpaired) electrons. The van der Waals surface area contributed by atoms with Gasteiger partial charge >= 0.3 is 13.6 Å². The standard InChI is InChI=1S/C6H13O7P/c1-6(10,2-4(7)8)3-5(9)14(11,12)13/h5,9-10H,2-3H2,1H3,(H,7,8)(H2,11,12,13)/t5?,6-/m0/s1. The Morgan fingerprint density at radius 3 is 2.21 bits per heavy atom. The lowest BCUT2D eigenvalue weighted by Gasteiger charge is -2.24. The smallest absolute Gasteiger partial charge is 0.353 e. The number of aliphatic carboxylic acids is 1. The molecule has 0 spiro atoms. The Hall–Kier alpha value is -0.460. The molecule has 0 aliphatic carbocycles. The number of aliphatic hydroxyl groups is 2. The third kappa shape index (κ3) is 5.31. The van der Waals surface area contributed by atoms with E-state index in [1.807, 2.05) is 0 Å². The number of carbonyl (C=O) groups is 1. The average molecular weight is 228 g/mol. The average Bonchev–Trinajstić information content (AvgIpc) is 1.79. The summed E-state index contributed by atoms with van der Waals surface area (Å²) in [5.74, 6) is -3.36. The minimum Gasteiger partial charge on any atom is -0.481 e. The van der Waals surface area contributed by atoms with Crippen molar-refractivity contribution in [3.05, 3.63) is 0 Å². The summed E-state index contributed by atoms with van der Waals surface area (Å²) in [5, 5.41) is 26.6. The summed E-state index contributed by atoms with van der Waals surface area (Å²) < 4.78 is 10.5. The Morgan fingerprint density at radius 2 is 1.93 bits per heavy atom. The van der Waals surface area contributed by atoms with Crippen LogP contribution in [0, 0.1) is 0 Å². The summed E-state index contributed by atoms with van der Waals surface area (Å²) in [6, 6.07) is 0. The Kier molecular flexibility index (Phi) is 4.23. The van der Waals surface area contributed by atoms with Crippen molar-refractivity contribution in [2.45, 2.75) is 31.2 Å². The molecule has 0 amide bonds. The van der Waals surface area contributed by atoms with Gasteiger partial charge in [-0.25, -0.2) is 0 Å². The second-order valence-electron chi connectivity index (χ2n) is 3.34. The maximum absolute atomic E-state index is 10.5. The van der Waals surface area contributed by atoms with E-state index in [2.05, 4.69) is 0 Å². The summed E-state index contributed by atoms with van der Waals surface area (Å²) in [6.07, 6.45) is -1.38. The van der Waals surface area contributed by atoms with E-state index in [9.17, 15) is 14.5 Å². The number of hydrogen-bond acceptors (Lipinski definition) is 4. The van der Waals surface area contributed by atoms with Crippen molar-refractivity contribution in [2.75, 3.05) is 0 Å². The Bertz CT molecular complexity index is 255. The van der Waals surface area contributed by atoms with Crippen LogP contribution in [0.1, 0.15) is 19.8 Å². The Morgan fingerprint density at radius 1 is 1.50 bits per heavy atom. The number of hydrogen-bond donors (Lipinski definition) is 5. The molecule has 0 aliphatic heterocycles. The molecule has 0 aromatic carbocycles. The van der Waals surface area contributed by atoms with E-state index in [1.165, 1.54) is 0 Å². The Labute approximate surface area is 80.2 Å². The fraction of sp³-hybridized carbons (Fsp3) is 0.833. The van der Waals surface area contributed by atoms with Crippen LogP contribution in [-0.2, 0) is 9.36 Å². The van der Waals surface area contributed by atoms with Crippen molar-refractivity contribution in [3.8, 4) is 0 Å². The maximum Gasteiger partial charge on any atom is 0.353 e. The number of aliphatic hydroxyl groups excluding tert-OH is 1. The minimum atomic E-state index is -4.69. The van der Waals surface area contributed by atoms with E-state index in [-0.39, 0.29) is 0 Å². The molecule has 0 aliphatic rings. The highest BCUT2D eigenvalue weighted by molar-refractivity contribution is 7.52. The van der Waals surface area contributed by atoms with E-state index < -0.39 is 37.9 Å². The highest BCUT2D eigenvalue weighted by Gasteiger charge is 2.35. The van der Waals surface area contributed by atoms with Gasteiger partial charge < -0.3 is 25.1 Å². The molecule has 5 N–H and O–H groups in total. The van der Waals surface area contributed by atoms with E-state index in [0.717, 1.165) is 6.92 Å². The van der Waals surface area contributed by atoms with Gasteiger partial charge in [0.2, 0.25) is 0 Å². The molecule has 0 saturated carbocycles. The van der Waals surface area contributed by atoms with E-state index in [0.29, 0.717) is 0 Å². The molecular weight excluding hydrogens is 215 g/mol. The van der Waals surface area contributed by atoms with Crippen LogP contribution in [0.2, 0.25) is 0 Å². The fourth-order valence-electron chi connectivity index (χ4n) is 0.910. The van der Waals surface area contributed by atoms with Gasteiger partial charge in [-0.2, -0.15) is 0 Å². The van der Waals surface area contributed by atoms with Crippen LogP contribution in [0.5, 0.6) is 0 Å². The van der Waals surface area contributed by atoms with Crippen LogP contribution in [0.25, 0.3) is 0 Å². The molecule has 0 aromatic heterocycles. The number of carboxylic acids is 1. The van der Waals surface area contributed by atoms with Crippen LogP contribution in [0.4, 0.5) is 0 Å². The quantitative estimate of drug-likeness (QED) is 0.384. The van der Waals surface area contributed by atoms with Gasteiger partial charge in [-0.05, 0) is 6.92 Å². The minimum absolute atomic E-state index is 0.690. The monoisotopic (exact) mass is 228 g/mol. The maximum atomic E-state index is 10.5. The third-order valence-corrected chi connectivity index (χ3v) is 2.50. The van der Waals surface area contributed by atoms with Gasteiger partial charge in [-0.15, -0.1) is 0 Å². The zero-order valence-corrected chi connectivity index (χ0v) is 8.39. The fourth-order valence-corrected chi connectivity index (χ4v) is 1.54. The highest BCUT2D eigenvalue weighted by Crippen LogP contribution is 2.43. The first-order chi connectivity index (χ1) is 6.04. The largest absolute Gasteiger partial charge is 0.481 e. The summed E-state index contributed by atoms with van der Waals surface area (Å²) >= 11 is 0. The molecule has 14 heavy (non-hydrogen) atoms. The van der Waals surface area contributed by atoms with Crippen molar-refractivity contribution in [1.29, 1.82) is 0 Å². The first-order valence-electron chi connectivity index (χ1n) is 3.72. The molecule has 8 heteroatoms. The second kappa shape index (κ2) is 4.37. The molecule has 1 unspecified atom stereocenters. The van der Waals surface area contributed by atoms with Gasteiger partial charge in [-0.3, -0.25) is 9.36 Å². The topological polar surface area (TPSA) is 135 Å². The van der Waals surface area contributed by atoms with Crippen molar-refractivity contribution < 1.29 is 34.5 Å². The normalized spacial score (nSPS) is 18.6. The summed E-state index contributed by atoms with van der Waals surface area (Å²) in [4.78, 5) is 27.2. The van der Waals surface area contributed by atoms with Crippen molar-refractivity contribution in [3.63, 3.8) is 0 Å². The van der Waals surface area contributed by atoms with Crippen LogP contribution in [0.15, 0.2) is 0 Å². The molecule has 0 bridgehead atoms. The zero-order valence-electron chi connectivity index (χ0n) is 7.49. The van der Waals surface area contributed by atoms with Crippen molar-refractivity contribution in [2.24, 2.45) is 0 Å². The lowest BCUT2D eigenvalue weighted by atomic mass is 9.99. The van der Waals surface area contributed by atoms with Crippen LogP contribution >= 0.6 is 7.60 Å². The van der Waals surface area contributed by atoms with Crippen LogP contribution in [-0.4, -0.2) is 42.5 Å². The van der Waals surface area contributed by atoms with Crippen LogP contribution < -0.4 is 0 Å². The molecule has 84 valence electrons. The van der Waals surface area contributed by atoms with E-state index in [4.69, 9.17) is 20.0 Å². The number of carboxylic acid groups (broad SMARTS) is 1. The summed E-state index contributed by atoms with van der Waals surface area (Å²) in [7, 11) is -4.69. The molecular formula is C6H13O7P. The summed E-state index contributed by atoms with van der Waals surface area (Å²) in [5.41, 5.74) is -1.84. The number of rotatable bonds is 5. The van der Waals surface area contributed by atoms with Gasteiger partial charge in [0.1, 0.15) is 0 Å². The van der Waals surface area contributed by atoms with Crippen LogP contribution in [0.3, 0.4) is 0 Å². The SMILES string of the molecule is C[C@](O)(CC(=O)O)CC(O)P(=O)(O)O.